The Morgan fingerprint density at radius 3 is 2.62 bits per heavy atom. The van der Waals surface area contributed by atoms with Crippen molar-refractivity contribution in [2.45, 2.75) is 20.8 Å². The van der Waals surface area contributed by atoms with Crippen LogP contribution in [0.15, 0.2) is 45.6 Å². The van der Waals surface area contributed by atoms with Crippen molar-refractivity contribution < 1.29 is 9.21 Å². The Hall–Kier alpha value is -2.59. The van der Waals surface area contributed by atoms with E-state index in [1.54, 1.807) is 31.2 Å². The summed E-state index contributed by atoms with van der Waals surface area (Å²) in [6.45, 7) is 5.57. The zero-order chi connectivity index (χ0) is 17.4. The molecule has 0 unspecified atom stereocenters. The van der Waals surface area contributed by atoms with Crippen LogP contribution < -0.4 is 10.7 Å². The topological polar surface area (TPSA) is 59.3 Å². The van der Waals surface area contributed by atoms with Crippen molar-refractivity contribution in [3.05, 3.63) is 74.1 Å². The molecule has 1 aromatic heterocycles. The molecule has 3 aromatic rings. The summed E-state index contributed by atoms with van der Waals surface area (Å²) >= 11 is 6.06. The molecule has 4 nitrogen and oxygen atoms in total. The lowest BCUT2D eigenvalue weighted by molar-refractivity contribution is 0.0997. The highest BCUT2D eigenvalue weighted by Gasteiger charge is 2.15. The Kier molecular flexibility index (Phi) is 4.16. The highest BCUT2D eigenvalue weighted by molar-refractivity contribution is 6.31. The van der Waals surface area contributed by atoms with E-state index in [0.29, 0.717) is 21.7 Å². The van der Waals surface area contributed by atoms with Gasteiger partial charge in [0.1, 0.15) is 5.58 Å². The van der Waals surface area contributed by atoms with E-state index >= 15 is 0 Å². The molecule has 0 aliphatic rings. The van der Waals surface area contributed by atoms with Gasteiger partial charge in [-0.2, -0.15) is 0 Å². The fourth-order valence-corrected chi connectivity index (χ4v) is 2.82. The smallest absolute Gasteiger partial charge is 0.291 e. The number of amides is 1. The highest BCUT2D eigenvalue weighted by Crippen LogP contribution is 2.24. The van der Waals surface area contributed by atoms with Gasteiger partial charge in [0, 0.05) is 16.8 Å². The number of halogens is 1. The number of fused-ring (bicyclic) bond motifs is 1. The van der Waals surface area contributed by atoms with Gasteiger partial charge in [0.25, 0.3) is 5.91 Å². The highest BCUT2D eigenvalue weighted by atomic mass is 35.5. The van der Waals surface area contributed by atoms with E-state index < -0.39 is 5.91 Å². The molecule has 0 atom stereocenters. The van der Waals surface area contributed by atoms with E-state index in [9.17, 15) is 9.59 Å². The minimum Gasteiger partial charge on any atom is -0.450 e. The SMILES string of the molecule is Cc1cc(C)c2oc(C(=O)Nc3cccc(Cl)c3C)cc(=O)c2c1. The second-order valence-electron chi connectivity index (χ2n) is 5.80. The van der Waals surface area contributed by atoms with Crippen molar-refractivity contribution in [1.29, 1.82) is 0 Å². The van der Waals surface area contributed by atoms with Gasteiger partial charge < -0.3 is 9.73 Å². The molecule has 1 amide bonds. The number of aryl methyl sites for hydroxylation is 2. The van der Waals surface area contributed by atoms with Crippen molar-refractivity contribution in [2.75, 3.05) is 5.32 Å². The fraction of sp³-hybridized carbons (Fsp3) is 0.158. The molecule has 2 aromatic carbocycles. The summed E-state index contributed by atoms with van der Waals surface area (Å²) in [5, 5.41) is 3.76. The molecule has 0 saturated carbocycles. The third kappa shape index (κ3) is 2.93. The van der Waals surface area contributed by atoms with Crippen LogP contribution in [0.2, 0.25) is 5.02 Å². The summed E-state index contributed by atoms with van der Waals surface area (Å²) in [5.74, 6) is -0.516. The molecule has 0 spiro atoms. The number of carbonyl (C=O) groups is 1. The quantitative estimate of drug-likeness (QED) is 0.739. The first-order valence-corrected chi connectivity index (χ1v) is 7.86. The third-order valence-electron chi connectivity index (χ3n) is 3.90. The minimum absolute atomic E-state index is 0.0289. The summed E-state index contributed by atoms with van der Waals surface area (Å²) in [5.41, 5.74) is 3.31. The molecule has 1 heterocycles. The zero-order valence-corrected chi connectivity index (χ0v) is 14.3. The molecule has 0 radical (unpaired) electrons. The molecule has 0 saturated heterocycles. The molecule has 3 rings (SSSR count). The van der Waals surface area contributed by atoms with Crippen LogP contribution in [0.3, 0.4) is 0 Å². The third-order valence-corrected chi connectivity index (χ3v) is 4.31. The van der Waals surface area contributed by atoms with E-state index in [-0.39, 0.29) is 11.2 Å². The zero-order valence-electron chi connectivity index (χ0n) is 13.6. The lowest BCUT2D eigenvalue weighted by Crippen LogP contribution is -2.16. The van der Waals surface area contributed by atoms with Gasteiger partial charge in [-0.25, -0.2) is 0 Å². The number of benzene rings is 2. The minimum atomic E-state index is -0.487. The van der Waals surface area contributed by atoms with Crippen molar-refractivity contribution in [3.8, 4) is 0 Å². The first-order valence-electron chi connectivity index (χ1n) is 7.48. The van der Waals surface area contributed by atoms with Crippen LogP contribution >= 0.6 is 11.6 Å². The molecular formula is C19H16ClNO3. The van der Waals surface area contributed by atoms with Crippen LogP contribution in [-0.2, 0) is 0 Å². The Morgan fingerprint density at radius 1 is 1.12 bits per heavy atom. The molecule has 122 valence electrons. The second kappa shape index (κ2) is 6.13. The molecule has 5 heteroatoms. The Morgan fingerprint density at radius 2 is 1.88 bits per heavy atom. The van der Waals surface area contributed by atoms with Gasteiger partial charge in [-0.15, -0.1) is 0 Å². The molecule has 0 aliphatic heterocycles. The van der Waals surface area contributed by atoms with Crippen molar-refractivity contribution in [3.63, 3.8) is 0 Å². The molecular weight excluding hydrogens is 326 g/mol. The summed E-state index contributed by atoms with van der Waals surface area (Å²) in [6.07, 6.45) is 0. The van der Waals surface area contributed by atoms with Crippen LogP contribution in [0.5, 0.6) is 0 Å². The van der Waals surface area contributed by atoms with Gasteiger partial charge in [-0.1, -0.05) is 23.7 Å². The number of hydrogen-bond donors (Lipinski definition) is 1. The molecule has 0 aliphatic carbocycles. The standard InChI is InChI=1S/C19H16ClNO3/c1-10-7-11(2)18-13(8-10)16(22)9-17(24-18)19(23)21-15-6-4-5-14(20)12(15)3/h4-9H,1-3H3,(H,21,23). The first-order chi connectivity index (χ1) is 11.4. The number of hydrogen-bond acceptors (Lipinski definition) is 3. The second-order valence-corrected chi connectivity index (χ2v) is 6.21. The first kappa shape index (κ1) is 16.3. The number of nitrogens with one attached hydrogen (secondary N) is 1. The maximum Gasteiger partial charge on any atom is 0.291 e. The summed E-state index contributed by atoms with van der Waals surface area (Å²) < 4.78 is 5.69. The van der Waals surface area contributed by atoms with E-state index in [1.165, 1.54) is 6.07 Å². The average molecular weight is 342 g/mol. The van der Waals surface area contributed by atoms with E-state index in [2.05, 4.69) is 5.32 Å². The largest absolute Gasteiger partial charge is 0.450 e. The van der Waals surface area contributed by atoms with Crippen LogP contribution in [-0.4, -0.2) is 5.91 Å². The lowest BCUT2D eigenvalue weighted by atomic mass is 10.1. The van der Waals surface area contributed by atoms with Gasteiger partial charge >= 0.3 is 0 Å². The van der Waals surface area contributed by atoms with Crippen LogP contribution in [0, 0.1) is 20.8 Å². The predicted molar refractivity (Wildman–Crippen MR) is 96.1 cm³/mol. The number of rotatable bonds is 2. The van der Waals surface area contributed by atoms with Crippen molar-refractivity contribution in [2.24, 2.45) is 0 Å². The van der Waals surface area contributed by atoms with Crippen molar-refractivity contribution >= 4 is 34.2 Å². The van der Waals surface area contributed by atoms with Crippen molar-refractivity contribution in [1.82, 2.24) is 0 Å². The normalized spacial score (nSPS) is 10.8. The Bertz CT molecular complexity index is 1020. The number of anilines is 1. The number of carbonyl (C=O) groups excluding carboxylic acids is 1. The predicted octanol–water partition coefficient (Wildman–Crippen LogP) is 4.62. The van der Waals surface area contributed by atoms with E-state index in [1.807, 2.05) is 19.9 Å². The van der Waals surface area contributed by atoms with Crippen LogP contribution in [0.1, 0.15) is 27.2 Å². The van der Waals surface area contributed by atoms with Crippen LogP contribution in [0.25, 0.3) is 11.0 Å². The Balaban J connectivity index is 2.05. The molecule has 1 N–H and O–H groups in total. The average Bonchev–Trinajstić information content (AvgIpc) is 2.52. The molecule has 0 fully saturated rings. The summed E-state index contributed by atoms with van der Waals surface area (Å²) in [4.78, 5) is 24.8. The molecule has 24 heavy (non-hydrogen) atoms. The van der Waals surface area contributed by atoms with Crippen LogP contribution in [0.4, 0.5) is 5.69 Å². The van der Waals surface area contributed by atoms with Gasteiger partial charge in [-0.3, -0.25) is 9.59 Å². The Labute approximate surface area is 144 Å². The fourth-order valence-electron chi connectivity index (χ4n) is 2.65. The lowest BCUT2D eigenvalue weighted by Gasteiger charge is -2.10. The van der Waals surface area contributed by atoms with Gasteiger partial charge in [-0.05, 0) is 55.7 Å². The monoisotopic (exact) mass is 341 g/mol. The van der Waals surface area contributed by atoms with E-state index in [0.717, 1.165) is 16.7 Å². The van der Waals surface area contributed by atoms with Gasteiger partial charge in [0.05, 0.1) is 5.39 Å². The maximum absolute atomic E-state index is 12.5. The summed E-state index contributed by atoms with van der Waals surface area (Å²) in [7, 11) is 0. The maximum atomic E-state index is 12.5. The molecule has 0 bridgehead atoms. The van der Waals surface area contributed by atoms with E-state index in [4.69, 9.17) is 16.0 Å². The van der Waals surface area contributed by atoms with Gasteiger partial charge in [0.2, 0.25) is 0 Å². The van der Waals surface area contributed by atoms with Gasteiger partial charge in [0.15, 0.2) is 11.2 Å². The summed E-state index contributed by atoms with van der Waals surface area (Å²) in [6, 6.07) is 10.1.